The van der Waals surface area contributed by atoms with Gasteiger partial charge in [0.1, 0.15) is 17.5 Å². The van der Waals surface area contributed by atoms with Crippen molar-refractivity contribution in [1.82, 2.24) is 0 Å². The molecule has 0 amide bonds. The fourth-order valence-electron chi connectivity index (χ4n) is 1.87. The number of halogens is 3. The lowest BCUT2D eigenvalue weighted by molar-refractivity contribution is 0.566. The standard InChI is InChI=1S/C14H13F3P2/c15-12-3-8(6-18)1-2-10(12)9-4-13(16)11(7-19)14(17)5-9/h1-5H,6-7,18-19H2. The summed E-state index contributed by atoms with van der Waals surface area (Å²) in [5.41, 5.74) is 1.23. The van der Waals surface area contributed by atoms with Crippen LogP contribution in [0.5, 0.6) is 0 Å². The van der Waals surface area contributed by atoms with Gasteiger partial charge < -0.3 is 0 Å². The molecule has 0 aliphatic heterocycles. The zero-order valence-electron chi connectivity index (χ0n) is 10.1. The van der Waals surface area contributed by atoms with E-state index in [1.165, 1.54) is 18.2 Å². The monoisotopic (exact) mass is 300 g/mol. The van der Waals surface area contributed by atoms with E-state index in [1.54, 1.807) is 12.1 Å². The van der Waals surface area contributed by atoms with Gasteiger partial charge in [0, 0.05) is 11.1 Å². The van der Waals surface area contributed by atoms with Crippen LogP contribution >= 0.6 is 18.5 Å². The molecule has 0 nitrogen and oxygen atoms in total. The summed E-state index contributed by atoms with van der Waals surface area (Å²) < 4.78 is 41.3. The highest BCUT2D eigenvalue weighted by Gasteiger charge is 2.13. The molecule has 100 valence electrons. The van der Waals surface area contributed by atoms with Gasteiger partial charge in [-0.15, -0.1) is 18.5 Å². The predicted molar refractivity (Wildman–Crippen MR) is 78.6 cm³/mol. The topological polar surface area (TPSA) is 0 Å². The third-order valence-corrected chi connectivity index (χ3v) is 3.81. The molecule has 2 aromatic rings. The minimum Gasteiger partial charge on any atom is -0.207 e. The first kappa shape index (κ1) is 14.5. The molecule has 2 atom stereocenters. The molecule has 0 saturated heterocycles. The van der Waals surface area contributed by atoms with Crippen molar-refractivity contribution in [3.05, 3.63) is 58.9 Å². The second kappa shape index (κ2) is 6.03. The molecule has 0 aromatic heterocycles. The molecule has 0 fully saturated rings. The summed E-state index contributed by atoms with van der Waals surface area (Å²) >= 11 is 0. The Morgan fingerprint density at radius 3 is 1.89 bits per heavy atom. The van der Waals surface area contributed by atoms with Crippen LogP contribution in [-0.2, 0) is 12.3 Å². The lowest BCUT2D eigenvalue weighted by atomic mass is 10.0. The summed E-state index contributed by atoms with van der Waals surface area (Å²) in [5.74, 6) is -1.78. The number of benzene rings is 2. The Labute approximate surface area is 114 Å². The van der Waals surface area contributed by atoms with E-state index in [0.29, 0.717) is 6.16 Å². The third kappa shape index (κ3) is 2.99. The van der Waals surface area contributed by atoms with Gasteiger partial charge in [-0.2, -0.15) is 0 Å². The van der Waals surface area contributed by atoms with Crippen LogP contribution in [0.25, 0.3) is 11.1 Å². The molecule has 2 rings (SSSR count). The maximum Gasteiger partial charge on any atom is 0.131 e. The molecule has 0 saturated carbocycles. The van der Waals surface area contributed by atoms with Gasteiger partial charge >= 0.3 is 0 Å². The van der Waals surface area contributed by atoms with Gasteiger partial charge in [0.25, 0.3) is 0 Å². The average molecular weight is 300 g/mol. The molecule has 2 unspecified atom stereocenters. The molecule has 0 aliphatic carbocycles. The number of rotatable bonds is 3. The van der Waals surface area contributed by atoms with E-state index in [2.05, 4.69) is 18.5 Å². The molecular weight excluding hydrogens is 287 g/mol. The van der Waals surface area contributed by atoms with E-state index in [4.69, 9.17) is 0 Å². The highest BCUT2D eigenvalue weighted by atomic mass is 31.0. The highest BCUT2D eigenvalue weighted by Crippen LogP contribution is 2.28. The first-order valence-corrected chi connectivity index (χ1v) is 7.37. The van der Waals surface area contributed by atoms with Gasteiger partial charge in [0.05, 0.1) is 0 Å². The van der Waals surface area contributed by atoms with Gasteiger partial charge in [0.2, 0.25) is 0 Å². The maximum absolute atomic E-state index is 13.9. The van der Waals surface area contributed by atoms with E-state index < -0.39 is 17.5 Å². The smallest absolute Gasteiger partial charge is 0.131 e. The minimum absolute atomic E-state index is 0.00395. The van der Waals surface area contributed by atoms with Crippen LogP contribution in [0.2, 0.25) is 0 Å². The van der Waals surface area contributed by atoms with Crippen molar-refractivity contribution >= 4 is 18.5 Å². The summed E-state index contributed by atoms with van der Waals surface area (Å²) in [4.78, 5) is 0. The molecule has 0 N–H and O–H groups in total. The molecule has 0 radical (unpaired) electrons. The zero-order valence-corrected chi connectivity index (χ0v) is 12.4. The van der Waals surface area contributed by atoms with Crippen LogP contribution in [0.3, 0.4) is 0 Å². The SMILES string of the molecule is Fc1cc(CP)ccc1-c1cc(F)c(CP)c(F)c1. The van der Waals surface area contributed by atoms with Crippen LogP contribution in [-0.4, -0.2) is 0 Å². The van der Waals surface area contributed by atoms with Gasteiger partial charge in [-0.05, 0) is 41.6 Å². The van der Waals surface area contributed by atoms with Crippen molar-refractivity contribution in [2.45, 2.75) is 12.3 Å². The molecular formula is C14H13F3P2. The number of hydrogen-bond donors (Lipinski definition) is 0. The molecule has 0 heterocycles. The van der Waals surface area contributed by atoms with Crippen molar-refractivity contribution in [3.63, 3.8) is 0 Å². The molecule has 0 bridgehead atoms. The van der Waals surface area contributed by atoms with Crippen molar-refractivity contribution in [1.29, 1.82) is 0 Å². The first-order chi connectivity index (χ1) is 9.06. The van der Waals surface area contributed by atoms with E-state index in [1.807, 2.05) is 0 Å². The predicted octanol–water partition coefficient (Wildman–Crippen LogP) is 4.52. The van der Waals surface area contributed by atoms with E-state index in [-0.39, 0.29) is 22.9 Å². The Morgan fingerprint density at radius 1 is 0.789 bits per heavy atom. The second-order valence-electron chi connectivity index (χ2n) is 4.14. The Morgan fingerprint density at radius 2 is 1.42 bits per heavy atom. The molecule has 0 spiro atoms. The van der Waals surface area contributed by atoms with E-state index >= 15 is 0 Å². The maximum atomic E-state index is 13.9. The van der Waals surface area contributed by atoms with Gasteiger partial charge in [-0.3, -0.25) is 0 Å². The molecule has 2 aromatic carbocycles. The molecule has 5 heteroatoms. The minimum atomic E-state index is -0.653. The highest BCUT2D eigenvalue weighted by molar-refractivity contribution is 7.15. The van der Waals surface area contributed by atoms with Crippen LogP contribution in [0.15, 0.2) is 30.3 Å². The van der Waals surface area contributed by atoms with Crippen LogP contribution in [0, 0.1) is 17.5 Å². The summed E-state index contributed by atoms with van der Waals surface area (Å²) in [6, 6.07) is 7.00. The van der Waals surface area contributed by atoms with Gasteiger partial charge in [-0.1, -0.05) is 12.1 Å². The van der Waals surface area contributed by atoms with Crippen LogP contribution < -0.4 is 0 Å². The van der Waals surface area contributed by atoms with Gasteiger partial charge in [0.15, 0.2) is 0 Å². The normalized spacial score (nSPS) is 10.8. The Kier molecular flexibility index (Phi) is 4.60. The fraction of sp³-hybridized carbons (Fsp3) is 0.143. The summed E-state index contributed by atoms with van der Waals surface area (Å²) in [5, 5.41) is 0. The largest absolute Gasteiger partial charge is 0.207 e. The zero-order chi connectivity index (χ0) is 14.0. The van der Waals surface area contributed by atoms with E-state index in [0.717, 1.165) is 5.56 Å². The lowest BCUT2D eigenvalue weighted by Crippen LogP contribution is -1.95. The van der Waals surface area contributed by atoms with Crippen LogP contribution in [0.1, 0.15) is 11.1 Å². The second-order valence-corrected chi connectivity index (χ2v) is 4.96. The van der Waals surface area contributed by atoms with Crippen LogP contribution in [0.4, 0.5) is 13.2 Å². The van der Waals surface area contributed by atoms with Gasteiger partial charge in [-0.25, -0.2) is 13.2 Å². The lowest BCUT2D eigenvalue weighted by Gasteiger charge is -2.08. The first-order valence-electron chi connectivity index (χ1n) is 5.73. The van der Waals surface area contributed by atoms with Crippen molar-refractivity contribution < 1.29 is 13.2 Å². The summed E-state index contributed by atoms with van der Waals surface area (Å²) in [6.07, 6.45) is 0.818. The fourth-order valence-corrected chi connectivity index (χ4v) is 2.52. The van der Waals surface area contributed by atoms with Crippen molar-refractivity contribution in [2.24, 2.45) is 0 Å². The molecule has 19 heavy (non-hydrogen) atoms. The summed E-state index contributed by atoms with van der Waals surface area (Å²) in [7, 11) is 4.77. The average Bonchev–Trinajstić information content (AvgIpc) is 2.38. The van der Waals surface area contributed by atoms with Crippen molar-refractivity contribution in [2.75, 3.05) is 0 Å². The Bertz CT molecular complexity index is 589. The molecule has 0 aliphatic rings. The quantitative estimate of drug-likeness (QED) is 0.731. The third-order valence-electron chi connectivity index (χ3n) is 2.93. The van der Waals surface area contributed by atoms with Crippen molar-refractivity contribution in [3.8, 4) is 11.1 Å². The Balaban J connectivity index is 2.53. The Hall–Kier alpha value is -0.910. The summed E-state index contributed by atoms with van der Waals surface area (Å²) in [6.45, 7) is 0. The van der Waals surface area contributed by atoms with E-state index in [9.17, 15) is 13.2 Å². The number of hydrogen-bond acceptors (Lipinski definition) is 0.